The number of piperazine rings is 1. The molecule has 2 aliphatic heterocycles. The van der Waals surface area contributed by atoms with Crippen molar-refractivity contribution >= 4 is 34.9 Å². The molecule has 2 amide bonds. The average molecular weight is 595 g/mol. The molecule has 12 nitrogen and oxygen atoms in total. The van der Waals surface area contributed by atoms with Gasteiger partial charge in [-0.25, -0.2) is 9.50 Å². The van der Waals surface area contributed by atoms with Crippen LogP contribution in [0, 0.1) is 0 Å². The predicted molar refractivity (Wildman–Crippen MR) is 166 cm³/mol. The fourth-order valence-electron chi connectivity index (χ4n) is 7.61. The Morgan fingerprint density at radius 2 is 1.89 bits per heavy atom. The van der Waals surface area contributed by atoms with Gasteiger partial charge >= 0.3 is 0 Å². The van der Waals surface area contributed by atoms with E-state index in [2.05, 4.69) is 36.5 Å². The summed E-state index contributed by atoms with van der Waals surface area (Å²) in [7, 11) is 3.85. The Morgan fingerprint density at radius 3 is 2.73 bits per heavy atom. The highest BCUT2D eigenvalue weighted by atomic mass is 16.2. The molecule has 4 aromatic rings. The minimum Gasteiger partial charge on any atom is -0.354 e. The molecule has 4 aliphatic rings. The van der Waals surface area contributed by atoms with Crippen LogP contribution in [0.5, 0.6) is 0 Å². The number of likely N-dealkylation sites (N-methyl/N-ethyl adjacent to an activating group) is 2. The second-order valence-corrected chi connectivity index (χ2v) is 12.9. The molecular weight excluding hydrogens is 556 g/mol. The molecule has 0 spiro atoms. The summed E-state index contributed by atoms with van der Waals surface area (Å²) in [5.41, 5.74) is 5.76. The van der Waals surface area contributed by atoms with Crippen LogP contribution in [0.4, 0.5) is 17.5 Å². The van der Waals surface area contributed by atoms with Gasteiger partial charge in [0.15, 0.2) is 11.5 Å². The number of nitrogens with one attached hydrogen (secondary N) is 3. The van der Waals surface area contributed by atoms with Gasteiger partial charge in [-0.3, -0.25) is 14.5 Å². The number of nitrogens with zero attached hydrogens (tertiary/aromatic N) is 7. The summed E-state index contributed by atoms with van der Waals surface area (Å²) in [6.07, 6.45) is 9.08. The summed E-state index contributed by atoms with van der Waals surface area (Å²) < 4.78 is 1.74. The van der Waals surface area contributed by atoms with Crippen LogP contribution >= 0.6 is 0 Å². The lowest BCUT2D eigenvalue weighted by Gasteiger charge is -2.37. The van der Waals surface area contributed by atoms with Gasteiger partial charge < -0.3 is 25.4 Å². The topological polar surface area (TPSA) is 127 Å². The number of rotatable bonds is 6. The highest BCUT2D eigenvalue weighted by Gasteiger charge is 2.39. The molecule has 0 radical (unpaired) electrons. The molecule has 228 valence electrons. The Morgan fingerprint density at radius 1 is 1.05 bits per heavy atom. The lowest BCUT2D eigenvalue weighted by atomic mass is 9.98. The number of aromatic nitrogens is 5. The Labute approximate surface area is 255 Å². The molecule has 2 aliphatic carbocycles. The van der Waals surface area contributed by atoms with E-state index in [4.69, 9.17) is 10.1 Å². The van der Waals surface area contributed by atoms with Crippen LogP contribution in [0.3, 0.4) is 0 Å². The second kappa shape index (κ2) is 10.6. The number of aromatic amines is 1. The number of carbonyl (C=O) groups is 2. The van der Waals surface area contributed by atoms with E-state index >= 15 is 0 Å². The maximum absolute atomic E-state index is 13.2. The summed E-state index contributed by atoms with van der Waals surface area (Å²) in [5.74, 6) is 2.48. The quantitative estimate of drug-likeness (QED) is 0.310. The molecule has 44 heavy (non-hydrogen) atoms. The minimum absolute atomic E-state index is 0.00294. The summed E-state index contributed by atoms with van der Waals surface area (Å²) in [5, 5.41) is 11.4. The van der Waals surface area contributed by atoms with E-state index in [1.807, 2.05) is 44.6 Å². The van der Waals surface area contributed by atoms with Gasteiger partial charge in [0.05, 0.1) is 0 Å². The van der Waals surface area contributed by atoms with Crippen LogP contribution in [0.25, 0.3) is 5.65 Å². The highest BCUT2D eigenvalue weighted by molar-refractivity contribution is 5.93. The molecule has 1 saturated carbocycles. The van der Waals surface area contributed by atoms with Crippen LogP contribution in [0.15, 0.2) is 42.7 Å². The van der Waals surface area contributed by atoms with Gasteiger partial charge in [0.2, 0.25) is 11.9 Å². The van der Waals surface area contributed by atoms with Gasteiger partial charge in [-0.05, 0) is 80.3 Å². The van der Waals surface area contributed by atoms with Gasteiger partial charge in [-0.1, -0.05) is 12.1 Å². The monoisotopic (exact) mass is 594 g/mol. The van der Waals surface area contributed by atoms with Gasteiger partial charge in [0.1, 0.15) is 11.7 Å². The van der Waals surface area contributed by atoms with Crippen LogP contribution < -0.4 is 15.5 Å². The lowest BCUT2D eigenvalue weighted by molar-refractivity contribution is -0.139. The maximum Gasteiger partial charge on any atom is 0.267 e. The Hall–Kier alpha value is -4.45. The van der Waals surface area contributed by atoms with E-state index in [0.717, 1.165) is 43.7 Å². The first-order chi connectivity index (χ1) is 21.4. The third-order valence-corrected chi connectivity index (χ3v) is 10.0. The van der Waals surface area contributed by atoms with E-state index < -0.39 is 0 Å². The number of fused-ring (bicyclic) bond motifs is 6. The molecule has 3 aromatic heterocycles. The normalized spacial score (nSPS) is 25.1. The smallest absolute Gasteiger partial charge is 0.267 e. The molecule has 3 fully saturated rings. The summed E-state index contributed by atoms with van der Waals surface area (Å²) in [4.78, 5) is 44.9. The first-order valence-electron chi connectivity index (χ1n) is 15.7. The van der Waals surface area contributed by atoms with E-state index in [1.54, 1.807) is 15.6 Å². The average Bonchev–Trinajstić information content (AvgIpc) is 3.83. The molecule has 4 atom stereocenters. The fraction of sp³-hybridized carbons (Fsp3) is 0.469. The van der Waals surface area contributed by atoms with Crippen molar-refractivity contribution in [2.45, 2.75) is 56.0 Å². The Balaban J connectivity index is 0.980. The van der Waals surface area contributed by atoms with E-state index in [1.165, 1.54) is 30.5 Å². The predicted octanol–water partition coefficient (Wildman–Crippen LogP) is 3.40. The van der Waals surface area contributed by atoms with Crippen molar-refractivity contribution in [3.05, 3.63) is 65.2 Å². The molecule has 4 unspecified atom stereocenters. The number of carbonyl (C=O) groups excluding carboxylic acids is 2. The maximum atomic E-state index is 13.2. The molecule has 2 bridgehead atoms. The van der Waals surface area contributed by atoms with E-state index in [-0.39, 0.29) is 23.9 Å². The lowest BCUT2D eigenvalue weighted by Crippen LogP contribution is -2.48. The van der Waals surface area contributed by atoms with Gasteiger partial charge in [0, 0.05) is 63.0 Å². The fourth-order valence-corrected chi connectivity index (χ4v) is 7.61. The van der Waals surface area contributed by atoms with E-state index in [9.17, 15) is 9.59 Å². The number of imidazole rings is 1. The molecule has 2 saturated heterocycles. The molecule has 8 rings (SSSR count). The number of benzene rings is 1. The van der Waals surface area contributed by atoms with E-state index in [0.29, 0.717) is 41.5 Å². The highest BCUT2D eigenvalue weighted by Crippen LogP contribution is 2.52. The number of anilines is 3. The number of amides is 2. The summed E-state index contributed by atoms with van der Waals surface area (Å²) in [6, 6.07) is 9.73. The number of piperidine rings is 1. The number of hydrogen-bond donors (Lipinski definition) is 3. The van der Waals surface area contributed by atoms with Gasteiger partial charge in [-0.2, -0.15) is 4.98 Å². The molecule has 1 aromatic carbocycles. The third-order valence-electron chi connectivity index (χ3n) is 10.0. The van der Waals surface area contributed by atoms with Crippen LogP contribution in [-0.4, -0.2) is 92.5 Å². The van der Waals surface area contributed by atoms with Crippen LogP contribution in [0.1, 0.15) is 77.3 Å². The summed E-state index contributed by atoms with van der Waals surface area (Å²) >= 11 is 0. The molecular formula is C32H38N10O2. The van der Waals surface area contributed by atoms with Crippen molar-refractivity contribution in [2.75, 3.05) is 50.5 Å². The zero-order chi connectivity index (χ0) is 29.9. The van der Waals surface area contributed by atoms with Gasteiger partial charge in [-0.15, -0.1) is 5.10 Å². The van der Waals surface area contributed by atoms with Crippen molar-refractivity contribution in [1.29, 1.82) is 0 Å². The molecule has 5 heterocycles. The van der Waals surface area contributed by atoms with Crippen molar-refractivity contribution in [1.82, 2.24) is 39.7 Å². The van der Waals surface area contributed by atoms with Crippen molar-refractivity contribution < 1.29 is 9.59 Å². The first kappa shape index (κ1) is 27.1. The van der Waals surface area contributed by atoms with Crippen molar-refractivity contribution in [2.24, 2.45) is 0 Å². The van der Waals surface area contributed by atoms with Gasteiger partial charge in [0.25, 0.3) is 5.91 Å². The third kappa shape index (κ3) is 4.68. The SMILES string of the molecule is CN1CCN(C)C(c2ccc(Nc3nc(N4CCCC(NC(=O)c5cc6c([nH]5)C5CCC6C5)C4)nn4ccnc34)cc2)C1=O. The van der Waals surface area contributed by atoms with Crippen molar-refractivity contribution in [3.8, 4) is 0 Å². The molecule has 3 N–H and O–H groups in total. The Bertz CT molecular complexity index is 1700. The van der Waals surface area contributed by atoms with Crippen LogP contribution in [-0.2, 0) is 4.79 Å². The Kier molecular flexibility index (Phi) is 6.55. The standard InChI is InChI=1S/C32H38N10O2/c1-39-14-15-40(2)31(44)27(39)19-7-9-22(10-8-19)34-28-29-33-11-13-42(29)38-32(37-28)41-12-3-4-23(18-41)35-30(43)25-17-24-20-5-6-21(16-20)26(24)36-25/h7-11,13,17,20-21,23,27,36H,3-6,12,14-16,18H2,1-2H3,(H,35,43)(H,34,37,38). The van der Waals surface area contributed by atoms with Crippen LogP contribution in [0.2, 0.25) is 0 Å². The zero-order valence-electron chi connectivity index (χ0n) is 25.2. The number of hydrogen-bond acceptors (Lipinski definition) is 8. The second-order valence-electron chi connectivity index (χ2n) is 12.9. The van der Waals surface area contributed by atoms with Crippen molar-refractivity contribution in [3.63, 3.8) is 0 Å². The minimum atomic E-state index is -0.284. The first-order valence-corrected chi connectivity index (χ1v) is 15.7. The largest absolute Gasteiger partial charge is 0.354 e. The molecule has 12 heteroatoms. The zero-order valence-corrected chi connectivity index (χ0v) is 25.2. The number of H-pyrrole nitrogens is 1. The summed E-state index contributed by atoms with van der Waals surface area (Å²) in [6.45, 7) is 3.01.